The molecule has 1 unspecified atom stereocenters. The van der Waals surface area contributed by atoms with E-state index in [4.69, 9.17) is 0 Å². The van der Waals surface area contributed by atoms with Gasteiger partial charge in [0.15, 0.2) is 5.65 Å². The third-order valence-corrected chi connectivity index (χ3v) is 6.05. The average molecular weight is 347 g/mol. The lowest BCUT2D eigenvalue weighted by Gasteiger charge is -2.35. The molecule has 5 rings (SSSR count). The third kappa shape index (κ3) is 2.58. The Morgan fingerprint density at radius 1 is 1.23 bits per heavy atom. The molecule has 1 aromatic carbocycles. The molecular formula is C21H25N5. The summed E-state index contributed by atoms with van der Waals surface area (Å²) in [4.78, 5) is 14.8. The van der Waals surface area contributed by atoms with E-state index in [1.54, 1.807) is 0 Å². The van der Waals surface area contributed by atoms with E-state index in [-0.39, 0.29) is 6.04 Å². The van der Waals surface area contributed by atoms with Gasteiger partial charge in [-0.25, -0.2) is 9.97 Å². The Balaban J connectivity index is 1.44. The second-order valence-electron chi connectivity index (χ2n) is 7.77. The predicted octanol–water partition coefficient (Wildman–Crippen LogP) is 3.96. The van der Waals surface area contributed by atoms with Gasteiger partial charge in [-0.3, -0.25) is 4.90 Å². The maximum Gasteiger partial charge on any atom is 0.178 e. The zero-order valence-electron chi connectivity index (χ0n) is 15.4. The van der Waals surface area contributed by atoms with Gasteiger partial charge in [0.05, 0.1) is 11.6 Å². The molecule has 26 heavy (non-hydrogen) atoms. The van der Waals surface area contributed by atoms with Gasteiger partial charge >= 0.3 is 0 Å². The number of imidazole rings is 1. The van der Waals surface area contributed by atoms with Crippen molar-refractivity contribution in [1.29, 1.82) is 0 Å². The van der Waals surface area contributed by atoms with Crippen molar-refractivity contribution in [2.45, 2.75) is 51.2 Å². The summed E-state index contributed by atoms with van der Waals surface area (Å²) in [6.07, 6.45) is 6.96. The molecule has 0 radical (unpaired) electrons. The zero-order valence-corrected chi connectivity index (χ0v) is 15.4. The minimum Gasteiger partial charge on any atom is -0.378 e. The Kier molecular flexibility index (Phi) is 3.71. The molecule has 1 fully saturated rings. The highest BCUT2D eigenvalue weighted by Gasteiger charge is 2.28. The van der Waals surface area contributed by atoms with Gasteiger partial charge in [0.2, 0.25) is 0 Å². The van der Waals surface area contributed by atoms with Crippen LogP contribution < -0.4 is 5.32 Å². The molecule has 1 aliphatic heterocycles. The van der Waals surface area contributed by atoms with Crippen LogP contribution in [0.15, 0.2) is 30.5 Å². The first-order valence-electron chi connectivity index (χ1n) is 9.58. The van der Waals surface area contributed by atoms with Gasteiger partial charge in [-0.2, -0.15) is 0 Å². The van der Waals surface area contributed by atoms with Crippen LogP contribution >= 0.6 is 0 Å². The number of pyridine rings is 1. The van der Waals surface area contributed by atoms with E-state index in [2.05, 4.69) is 56.5 Å². The summed E-state index contributed by atoms with van der Waals surface area (Å²) < 4.78 is 0. The normalized spacial score (nSPS) is 19.6. The second kappa shape index (κ2) is 6.09. The number of benzene rings is 1. The highest BCUT2D eigenvalue weighted by Crippen LogP contribution is 2.38. The fourth-order valence-corrected chi connectivity index (χ4v) is 4.35. The van der Waals surface area contributed by atoms with Gasteiger partial charge in [0.1, 0.15) is 5.82 Å². The van der Waals surface area contributed by atoms with Crippen LogP contribution in [0.25, 0.3) is 11.2 Å². The molecule has 2 N–H and O–H groups in total. The van der Waals surface area contributed by atoms with Crippen molar-refractivity contribution in [3.8, 4) is 0 Å². The Labute approximate surface area is 153 Å². The Morgan fingerprint density at radius 2 is 2.12 bits per heavy atom. The molecule has 134 valence electrons. The fraction of sp³-hybridized carbons (Fsp3) is 0.429. The van der Waals surface area contributed by atoms with E-state index in [0.717, 1.165) is 36.0 Å². The molecule has 0 bridgehead atoms. The Bertz CT molecular complexity index is 956. The molecule has 0 spiro atoms. The Morgan fingerprint density at radius 3 is 2.92 bits per heavy atom. The minimum absolute atomic E-state index is 0.269. The molecule has 3 heterocycles. The van der Waals surface area contributed by atoms with Crippen molar-refractivity contribution in [3.05, 3.63) is 53.0 Å². The number of aromatic nitrogens is 3. The highest BCUT2D eigenvalue weighted by molar-refractivity contribution is 5.77. The predicted molar refractivity (Wildman–Crippen MR) is 104 cm³/mol. The summed E-state index contributed by atoms with van der Waals surface area (Å²) in [5.41, 5.74) is 7.31. The summed E-state index contributed by atoms with van der Waals surface area (Å²) in [5, 5.41) is 3.73. The minimum atomic E-state index is 0.269. The molecule has 1 atom stereocenters. The first-order valence-corrected chi connectivity index (χ1v) is 9.58. The van der Waals surface area contributed by atoms with Crippen molar-refractivity contribution >= 4 is 16.9 Å². The van der Waals surface area contributed by atoms with Crippen LogP contribution in [-0.2, 0) is 13.0 Å². The summed E-state index contributed by atoms with van der Waals surface area (Å²) in [7, 11) is 2.27. The number of hydrogen-bond acceptors (Lipinski definition) is 4. The van der Waals surface area contributed by atoms with Crippen LogP contribution in [-0.4, -0.2) is 32.9 Å². The first kappa shape index (κ1) is 15.8. The maximum atomic E-state index is 4.49. The first-order chi connectivity index (χ1) is 12.7. The lowest BCUT2D eigenvalue weighted by atomic mass is 9.91. The number of anilines is 1. The number of aryl methyl sites for hydroxylation is 1. The van der Waals surface area contributed by atoms with E-state index in [0.29, 0.717) is 0 Å². The largest absolute Gasteiger partial charge is 0.378 e. The van der Waals surface area contributed by atoms with E-state index in [9.17, 15) is 0 Å². The molecule has 2 aromatic heterocycles. The monoisotopic (exact) mass is 347 g/mol. The zero-order chi connectivity index (χ0) is 17.7. The van der Waals surface area contributed by atoms with Gasteiger partial charge in [0, 0.05) is 30.0 Å². The summed E-state index contributed by atoms with van der Waals surface area (Å²) in [6.45, 7) is 3.02. The van der Waals surface area contributed by atoms with E-state index in [1.165, 1.54) is 41.6 Å². The van der Waals surface area contributed by atoms with Gasteiger partial charge < -0.3 is 10.3 Å². The number of H-pyrrole nitrogens is 1. The highest BCUT2D eigenvalue weighted by atomic mass is 15.1. The van der Waals surface area contributed by atoms with Crippen LogP contribution in [0.4, 0.5) is 5.69 Å². The van der Waals surface area contributed by atoms with Crippen LogP contribution in [0.2, 0.25) is 0 Å². The maximum absolute atomic E-state index is 4.49. The van der Waals surface area contributed by atoms with Crippen molar-refractivity contribution in [3.63, 3.8) is 0 Å². The van der Waals surface area contributed by atoms with Crippen molar-refractivity contribution in [1.82, 2.24) is 19.9 Å². The molecule has 1 saturated carbocycles. The van der Waals surface area contributed by atoms with E-state index < -0.39 is 0 Å². The number of rotatable bonds is 4. The van der Waals surface area contributed by atoms with Crippen LogP contribution in [0.3, 0.4) is 0 Å². The fourth-order valence-electron chi connectivity index (χ4n) is 4.35. The average Bonchev–Trinajstić information content (AvgIpc) is 3.15. The number of hydrogen-bond donors (Lipinski definition) is 2. The molecular weight excluding hydrogens is 322 g/mol. The van der Waals surface area contributed by atoms with Crippen molar-refractivity contribution in [2.24, 2.45) is 0 Å². The molecule has 5 heteroatoms. The summed E-state index contributed by atoms with van der Waals surface area (Å²) >= 11 is 0. The lowest BCUT2D eigenvalue weighted by Crippen LogP contribution is -2.36. The van der Waals surface area contributed by atoms with Gasteiger partial charge in [-0.15, -0.1) is 0 Å². The molecule has 3 aromatic rings. The molecule has 2 aliphatic rings. The number of nitrogens with zero attached hydrogens (tertiary/aromatic N) is 3. The molecule has 0 amide bonds. The van der Waals surface area contributed by atoms with Crippen molar-refractivity contribution < 1.29 is 0 Å². The standard InChI is InChI=1S/C21H25N5/c1-13-23-20-16(9-10-22-21(20)24-13)19-11-17-14(5-3-8-18(17)25-19)12-26(2)15-6-4-7-15/h3,5,8-10,15,19,25H,4,6-7,11-12H2,1-2H3,(H,22,23,24). The van der Waals surface area contributed by atoms with Gasteiger partial charge in [0.25, 0.3) is 0 Å². The lowest BCUT2D eigenvalue weighted by molar-refractivity contribution is 0.152. The third-order valence-electron chi connectivity index (χ3n) is 6.05. The van der Waals surface area contributed by atoms with E-state index in [1.807, 2.05) is 13.1 Å². The topological polar surface area (TPSA) is 56.8 Å². The molecule has 5 nitrogen and oxygen atoms in total. The van der Waals surface area contributed by atoms with E-state index >= 15 is 0 Å². The van der Waals surface area contributed by atoms with Crippen molar-refractivity contribution in [2.75, 3.05) is 12.4 Å². The number of aromatic amines is 1. The number of fused-ring (bicyclic) bond motifs is 2. The summed E-state index contributed by atoms with van der Waals surface area (Å²) in [5.74, 6) is 0.915. The van der Waals surface area contributed by atoms with Gasteiger partial charge in [-0.05, 0) is 56.5 Å². The number of nitrogens with one attached hydrogen (secondary N) is 2. The summed E-state index contributed by atoms with van der Waals surface area (Å²) in [6, 6.07) is 9.83. The second-order valence-corrected chi connectivity index (χ2v) is 7.77. The van der Waals surface area contributed by atoms with Crippen LogP contribution in [0, 0.1) is 6.92 Å². The SMILES string of the molecule is Cc1nc2nccc(C3Cc4c(CN(C)C5CCC5)cccc4N3)c2[nH]1. The smallest absolute Gasteiger partial charge is 0.178 e. The molecule has 1 aliphatic carbocycles. The van der Waals surface area contributed by atoms with Gasteiger partial charge in [-0.1, -0.05) is 18.6 Å². The van der Waals surface area contributed by atoms with Crippen LogP contribution in [0.5, 0.6) is 0 Å². The molecule has 0 saturated heterocycles. The van der Waals surface area contributed by atoms with Crippen LogP contribution in [0.1, 0.15) is 47.8 Å². The quantitative estimate of drug-likeness (QED) is 0.750. The Hall–Kier alpha value is -2.40.